The summed E-state index contributed by atoms with van der Waals surface area (Å²) in [4.78, 5) is 9.83. The van der Waals surface area contributed by atoms with Gasteiger partial charge in [-0.25, -0.2) is 4.98 Å². The van der Waals surface area contributed by atoms with Crippen LogP contribution in [0.25, 0.3) is 17.1 Å². The molecule has 0 atom stereocenters. The number of rotatable bonds is 5. The maximum absolute atomic E-state index is 4.99. The monoisotopic (exact) mass is 376 g/mol. The molecule has 4 rings (SSSR count). The molecule has 0 amide bonds. The van der Waals surface area contributed by atoms with Gasteiger partial charge in [-0.15, -0.1) is 0 Å². The van der Waals surface area contributed by atoms with E-state index in [4.69, 9.17) is 4.98 Å². The molecule has 0 radical (unpaired) electrons. The molecule has 2 nitrogen and oxygen atoms in total. The van der Waals surface area contributed by atoms with E-state index in [-0.39, 0.29) is 0 Å². The van der Waals surface area contributed by atoms with Crippen molar-refractivity contribution >= 4 is 28.9 Å². The zero-order valence-corrected chi connectivity index (χ0v) is 17.5. The van der Waals surface area contributed by atoms with Gasteiger partial charge in [0.05, 0.1) is 0 Å². The molecular weight excluding hydrogens is 348 g/mol. The zero-order valence-electron chi connectivity index (χ0n) is 16.7. The van der Waals surface area contributed by atoms with Crippen molar-refractivity contribution in [1.82, 2.24) is 9.97 Å². The van der Waals surface area contributed by atoms with E-state index < -0.39 is 0 Å². The third-order valence-corrected chi connectivity index (χ3v) is 6.75. The lowest BCUT2D eigenvalue weighted by atomic mass is 9.79. The molecule has 1 aliphatic carbocycles. The van der Waals surface area contributed by atoms with Crippen LogP contribution in [0.15, 0.2) is 40.3 Å². The first-order valence-corrected chi connectivity index (χ1v) is 10.9. The Morgan fingerprint density at radius 1 is 1.22 bits per heavy atom. The van der Waals surface area contributed by atoms with E-state index in [1.54, 1.807) is 11.8 Å². The predicted molar refractivity (Wildman–Crippen MR) is 117 cm³/mol. The second-order valence-electron chi connectivity index (χ2n) is 7.60. The number of hydrogen-bond acceptors (Lipinski definition) is 2. The average Bonchev–Trinajstić information content (AvgIpc) is 2.92. The number of aromatic nitrogens is 2. The van der Waals surface area contributed by atoms with E-state index in [1.165, 1.54) is 57.5 Å². The van der Waals surface area contributed by atoms with Crippen molar-refractivity contribution in [3.05, 3.63) is 58.3 Å². The van der Waals surface area contributed by atoms with Crippen LogP contribution in [0.5, 0.6) is 0 Å². The fourth-order valence-electron chi connectivity index (χ4n) is 4.02. The molecule has 1 fully saturated rings. The lowest BCUT2D eigenvalue weighted by Crippen LogP contribution is -2.10. The second-order valence-corrected chi connectivity index (χ2v) is 8.70. The summed E-state index contributed by atoms with van der Waals surface area (Å²) in [5.41, 5.74) is 7.88. The highest BCUT2D eigenvalue weighted by Gasteiger charge is 2.25. The van der Waals surface area contributed by atoms with Gasteiger partial charge < -0.3 is 4.98 Å². The second kappa shape index (κ2) is 7.55. The lowest BCUT2D eigenvalue weighted by molar-refractivity contribution is 0.421. The van der Waals surface area contributed by atoms with Crippen LogP contribution in [-0.2, 0) is 6.42 Å². The lowest BCUT2D eigenvalue weighted by Gasteiger charge is -2.27. The topological polar surface area (TPSA) is 28.7 Å². The summed E-state index contributed by atoms with van der Waals surface area (Å²) >= 11 is 1.78. The van der Waals surface area contributed by atoms with Crippen molar-refractivity contribution in [3.8, 4) is 0 Å². The zero-order chi connectivity index (χ0) is 19.0. The van der Waals surface area contributed by atoms with Gasteiger partial charge in [-0.05, 0) is 86.4 Å². The Kier molecular flexibility index (Phi) is 5.14. The summed E-state index contributed by atoms with van der Waals surface area (Å²) in [7, 11) is 0. The number of hydrogen-bond donors (Lipinski definition) is 1. The summed E-state index contributed by atoms with van der Waals surface area (Å²) < 4.78 is 0. The molecule has 0 aliphatic heterocycles. The molecule has 0 unspecified atom stereocenters. The molecule has 0 spiro atoms. The summed E-state index contributed by atoms with van der Waals surface area (Å²) in [6.45, 7) is 8.69. The molecule has 2 heterocycles. The van der Waals surface area contributed by atoms with Gasteiger partial charge in [0, 0.05) is 16.0 Å². The van der Waals surface area contributed by atoms with Crippen LogP contribution in [0.2, 0.25) is 0 Å². The summed E-state index contributed by atoms with van der Waals surface area (Å²) in [5, 5.41) is 2.47. The molecule has 0 saturated heterocycles. The minimum absolute atomic E-state index is 0.700. The molecular formula is C24H28N2S. The molecule has 1 aromatic carbocycles. The van der Waals surface area contributed by atoms with E-state index in [0.29, 0.717) is 5.92 Å². The fraction of sp³-hybridized carbons (Fsp3) is 0.375. The van der Waals surface area contributed by atoms with Crippen LogP contribution in [0, 0.1) is 13.8 Å². The van der Waals surface area contributed by atoms with Gasteiger partial charge in [0.1, 0.15) is 10.7 Å². The summed E-state index contributed by atoms with van der Waals surface area (Å²) in [5.74, 6) is 0.700. The Balaban J connectivity index is 1.77. The fourth-order valence-corrected chi connectivity index (χ4v) is 4.91. The molecule has 140 valence electrons. The van der Waals surface area contributed by atoms with Crippen LogP contribution in [0.4, 0.5) is 0 Å². The predicted octanol–water partition coefficient (Wildman–Crippen LogP) is 7.19. The highest BCUT2D eigenvalue weighted by atomic mass is 32.2. The van der Waals surface area contributed by atoms with E-state index in [9.17, 15) is 0 Å². The molecule has 27 heavy (non-hydrogen) atoms. The highest BCUT2D eigenvalue weighted by Crippen LogP contribution is 2.43. The maximum Gasteiger partial charge on any atom is 0.139 e. The van der Waals surface area contributed by atoms with Crippen molar-refractivity contribution in [2.24, 2.45) is 0 Å². The Morgan fingerprint density at radius 2 is 2.04 bits per heavy atom. The smallest absolute Gasteiger partial charge is 0.139 e. The number of fused-ring (bicyclic) bond motifs is 1. The van der Waals surface area contributed by atoms with Gasteiger partial charge in [0.2, 0.25) is 0 Å². The van der Waals surface area contributed by atoms with E-state index >= 15 is 0 Å². The van der Waals surface area contributed by atoms with E-state index in [1.807, 2.05) is 0 Å². The number of aryl methyl sites for hydroxylation is 3. The van der Waals surface area contributed by atoms with Crippen LogP contribution < -0.4 is 0 Å². The Morgan fingerprint density at radius 3 is 2.70 bits per heavy atom. The third kappa shape index (κ3) is 3.45. The third-order valence-electron chi connectivity index (χ3n) is 5.84. The first kappa shape index (κ1) is 18.4. The molecule has 2 aromatic heterocycles. The van der Waals surface area contributed by atoms with Crippen LogP contribution in [-0.4, -0.2) is 9.97 Å². The number of allylic oxidation sites excluding steroid dienone is 1. The highest BCUT2D eigenvalue weighted by molar-refractivity contribution is 7.99. The summed E-state index contributed by atoms with van der Waals surface area (Å²) in [6, 6.07) is 9.04. The Bertz CT molecular complexity index is 1010. The van der Waals surface area contributed by atoms with Gasteiger partial charge in [0.15, 0.2) is 0 Å². The number of aromatic amines is 1. The van der Waals surface area contributed by atoms with Crippen molar-refractivity contribution in [1.29, 1.82) is 0 Å². The number of nitrogens with one attached hydrogen (secondary N) is 1. The largest absolute Gasteiger partial charge is 0.343 e. The van der Waals surface area contributed by atoms with Crippen molar-refractivity contribution < 1.29 is 0 Å². The quantitative estimate of drug-likeness (QED) is 0.510. The average molecular weight is 377 g/mol. The summed E-state index contributed by atoms with van der Waals surface area (Å²) in [6.07, 6.45) is 9.28. The van der Waals surface area contributed by atoms with E-state index in [2.05, 4.69) is 69.1 Å². The standard InChI is InChI=1S/C24H28N2S/c1-5-8-18-13-19(12-11-15(18)3)27-22-14-20(17-9-7-10-17)23-16(4)21(6-2)25-24(23)26-22/h5,8,11-14,17H,6-7,9-10H2,1-4H3,(H,25,26)/b8-5-. The Labute approximate surface area is 166 Å². The minimum Gasteiger partial charge on any atom is -0.343 e. The SMILES string of the molecule is C/C=C\c1cc(Sc2cc(C3CCC3)c3c(C)c(CC)[nH]c3n2)ccc1C. The van der Waals surface area contributed by atoms with Gasteiger partial charge >= 0.3 is 0 Å². The normalized spacial score (nSPS) is 15.0. The molecule has 3 heteroatoms. The number of nitrogens with zero attached hydrogens (tertiary/aromatic N) is 1. The van der Waals surface area contributed by atoms with Crippen molar-refractivity contribution in [2.45, 2.75) is 69.2 Å². The maximum atomic E-state index is 4.99. The Hall–Kier alpha value is -2.00. The molecule has 0 bridgehead atoms. The van der Waals surface area contributed by atoms with Crippen LogP contribution in [0.3, 0.4) is 0 Å². The van der Waals surface area contributed by atoms with Crippen LogP contribution in [0.1, 0.15) is 67.0 Å². The number of benzene rings is 1. The van der Waals surface area contributed by atoms with Crippen molar-refractivity contribution in [3.63, 3.8) is 0 Å². The molecule has 1 saturated carbocycles. The molecule has 1 aliphatic rings. The molecule has 1 N–H and O–H groups in total. The van der Waals surface area contributed by atoms with Gasteiger partial charge in [0.25, 0.3) is 0 Å². The van der Waals surface area contributed by atoms with Crippen LogP contribution >= 0.6 is 11.8 Å². The van der Waals surface area contributed by atoms with Gasteiger partial charge in [-0.3, -0.25) is 0 Å². The van der Waals surface area contributed by atoms with Gasteiger partial charge in [-0.2, -0.15) is 0 Å². The first-order chi connectivity index (χ1) is 13.1. The number of pyridine rings is 1. The van der Waals surface area contributed by atoms with E-state index in [0.717, 1.165) is 17.1 Å². The molecule has 3 aromatic rings. The van der Waals surface area contributed by atoms with Gasteiger partial charge in [-0.1, -0.05) is 43.3 Å². The van der Waals surface area contributed by atoms with Crippen molar-refractivity contribution in [2.75, 3.05) is 0 Å². The first-order valence-electron chi connectivity index (χ1n) is 10.0. The number of H-pyrrole nitrogens is 1. The minimum atomic E-state index is 0.700.